The van der Waals surface area contributed by atoms with Crippen molar-refractivity contribution >= 4 is 5.84 Å². The summed E-state index contributed by atoms with van der Waals surface area (Å²) in [7, 11) is 1.87. The molecule has 0 aromatic carbocycles. The standard InChI is InChI=1S/C8H12N4/c1-12-4-6(5-2-3-5)11-8(12)7(9)10/h4-5H,2-3H2,1H3,(H3,9,10). The number of aromatic nitrogens is 2. The molecule has 1 aliphatic carbocycles. The van der Waals surface area contributed by atoms with E-state index in [1.54, 1.807) is 0 Å². The molecule has 4 nitrogen and oxygen atoms in total. The minimum atomic E-state index is 0.0457. The van der Waals surface area contributed by atoms with Crippen molar-refractivity contribution in [3.8, 4) is 0 Å². The quantitative estimate of drug-likeness (QED) is 0.496. The van der Waals surface area contributed by atoms with Gasteiger partial charge in [0.05, 0.1) is 5.69 Å². The summed E-state index contributed by atoms with van der Waals surface area (Å²) in [5, 5.41) is 7.25. The topological polar surface area (TPSA) is 67.7 Å². The third-order valence-electron chi connectivity index (χ3n) is 2.13. The maximum absolute atomic E-state index is 7.25. The van der Waals surface area contributed by atoms with Crippen LogP contribution in [0.25, 0.3) is 0 Å². The fourth-order valence-corrected chi connectivity index (χ4v) is 1.32. The molecule has 0 atom stereocenters. The fraction of sp³-hybridized carbons (Fsp3) is 0.500. The summed E-state index contributed by atoms with van der Waals surface area (Å²) >= 11 is 0. The van der Waals surface area contributed by atoms with E-state index >= 15 is 0 Å². The summed E-state index contributed by atoms with van der Waals surface area (Å²) in [4.78, 5) is 4.28. The first-order chi connectivity index (χ1) is 5.68. The Labute approximate surface area is 70.9 Å². The number of hydrogen-bond donors (Lipinski definition) is 2. The van der Waals surface area contributed by atoms with E-state index in [9.17, 15) is 0 Å². The van der Waals surface area contributed by atoms with Gasteiger partial charge in [0, 0.05) is 19.2 Å². The molecule has 1 aromatic heterocycles. The van der Waals surface area contributed by atoms with Crippen LogP contribution in [0.5, 0.6) is 0 Å². The van der Waals surface area contributed by atoms with Crippen LogP contribution in [0.3, 0.4) is 0 Å². The molecule has 3 N–H and O–H groups in total. The molecule has 0 amide bonds. The number of nitrogens with two attached hydrogens (primary N) is 1. The number of aryl methyl sites for hydroxylation is 1. The van der Waals surface area contributed by atoms with Crippen molar-refractivity contribution in [1.82, 2.24) is 9.55 Å². The first-order valence-electron chi connectivity index (χ1n) is 4.06. The lowest BCUT2D eigenvalue weighted by atomic mass is 10.3. The second-order valence-corrected chi connectivity index (χ2v) is 3.29. The number of rotatable bonds is 2. The first-order valence-corrected chi connectivity index (χ1v) is 4.06. The normalized spacial score (nSPS) is 16.4. The van der Waals surface area contributed by atoms with Crippen molar-refractivity contribution in [2.75, 3.05) is 0 Å². The molecular weight excluding hydrogens is 152 g/mol. The SMILES string of the molecule is Cn1cc(C2CC2)nc1C(=N)N. The molecular formula is C8H12N4. The van der Waals surface area contributed by atoms with Gasteiger partial charge in [-0.2, -0.15) is 0 Å². The molecule has 0 spiro atoms. The first kappa shape index (κ1) is 7.34. The Morgan fingerprint density at radius 1 is 1.75 bits per heavy atom. The van der Waals surface area contributed by atoms with Crippen molar-refractivity contribution in [3.05, 3.63) is 17.7 Å². The third-order valence-corrected chi connectivity index (χ3v) is 2.13. The zero-order chi connectivity index (χ0) is 8.72. The molecule has 1 aliphatic rings. The minimum absolute atomic E-state index is 0.0457. The Bertz CT molecular complexity index is 322. The molecule has 64 valence electrons. The average molecular weight is 164 g/mol. The van der Waals surface area contributed by atoms with Crippen molar-refractivity contribution in [2.24, 2.45) is 12.8 Å². The van der Waals surface area contributed by atoms with E-state index in [1.165, 1.54) is 12.8 Å². The molecule has 0 aliphatic heterocycles. The minimum Gasteiger partial charge on any atom is -0.381 e. The van der Waals surface area contributed by atoms with Crippen LogP contribution in [-0.4, -0.2) is 15.4 Å². The van der Waals surface area contributed by atoms with E-state index in [-0.39, 0.29) is 5.84 Å². The Morgan fingerprint density at radius 3 is 2.83 bits per heavy atom. The average Bonchev–Trinajstić information content (AvgIpc) is 2.75. The van der Waals surface area contributed by atoms with Crippen molar-refractivity contribution in [2.45, 2.75) is 18.8 Å². The molecule has 2 rings (SSSR count). The second kappa shape index (κ2) is 2.33. The van der Waals surface area contributed by atoms with Gasteiger partial charge in [-0.25, -0.2) is 4.98 Å². The molecule has 0 saturated heterocycles. The van der Waals surface area contributed by atoms with Crippen LogP contribution in [0.15, 0.2) is 6.20 Å². The number of amidine groups is 1. The Morgan fingerprint density at radius 2 is 2.42 bits per heavy atom. The van der Waals surface area contributed by atoms with Crippen LogP contribution < -0.4 is 5.73 Å². The summed E-state index contributed by atoms with van der Waals surface area (Å²) in [5.74, 6) is 1.26. The number of nitrogens with one attached hydrogen (secondary N) is 1. The monoisotopic (exact) mass is 164 g/mol. The molecule has 1 fully saturated rings. The van der Waals surface area contributed by atoms with Crippen molar-refractivity contribution < 1.29 is 0 Å². The third kappa shape index (κ3) is 1.09. The lowest BCUT2D eigenvalue weighted by molar-refractivity contribution is 0.892. The van der Waals surface area contributed by atoms with E-state index in [1.807, 2.05) is 17.8 Å². The number of nitrogen functional groups attached to an aromatic ring is 1. The highest BCUT2D eigenvalue weighted by Gasteiger charge is 2.26. The Kier molecular flexibility index (Phi) is 1.43. The summed E-state index contributed by atoms with van der Waals surface area (Å²) in [5.41, 5.74) is 6.43. The molecule has 0 unspecified atom stereocenters. The van der Waals surface area contributed by atoms with Gasteiger partial charge >= 0.3 is 0 Å². The fourth-order valence-electron chi connectivity index (χ4n) is 1.32. The van der Waals surface area contributed by atoms with Gasteiger partial charge in [-0.1, -0.05) is 0 Å². The highest BCUT2D eigenvalue weighted by molar-refractivity contribution is 5.91. The zero-order valence-corrected chi connectivity index (χ0v) is 7.04. The molecule has 1 heterocycles. The van der Waals surface area contributed by atoms with Gasteiger partial charge in [-0.05, 0) is 12.8 Å². The van der Waals surface area contributed by atoms with E-state index in [0.717, 1.165) is 5.69 Å². The summed E-state index contributed by atoms with van der Waals surface area (Å²) in [6.45, 7) is 0. The van der Waals surface area contributed by atoms with Gasteiger partial charge in [0.2, 0.25) is 0 Å². The molecule has 1 saturated carbocycles. The van der Waals surface area contributed by atoms with E-state index < -0.39 is 0 Å². The molecule has 1 aromatic rings. The van der Waals surface area contributed by atoms with Gasteiger partial charge < -0.3 is 10.3 Å². The van der Waals surface area contributed by atoms with Crippen LogP contribution in [0, 0.1) is 5.41 Å². The van der Waals surface area contributed by atoms with Gasteiger partial charge in [-0.15, -0.1) is 0 Å². The number of nitrogens with zero attached hydrogens (tertiary/aromatic N) is 2. The van der Waals surface area contributed by atoms with Gasteiger partial charge in [0.25, 0.3) is 0 Å². The van der Waals surface area contributed by atoms with Gasteiger partial charge in [0.1, 0.15) is 0 Å². The van der Waals surface area contributed by atoms with Crippen LogP contribution in [-0.2, 0) is 7.05 Å². The van der Waals surface area contributed by atoms with Crippen LogP contribution in [0.1, 0.15) is 30.3 Å². The van der Waals surface area contributed by atoms with Gasteiger partial charge in [-0.3, -0.25) is 5.41 Å². The van der Waals surface area contributed by atoms with E-state index in [0.29, 0.717) is 11.7 Å². The molecule has 12 heavy (non-hydrogen) atoms. The highest BCUT2D eigenvalue weighted by Crippen LogP contribution is 2.39. The van der Waals surface area contributed by atoms with Crippen molar-refractivity contribution in [1.29, 1.82) is 5.41 Å². The van der Waals surface area contributed by atoms with E-state index in [2.05, 4.69) is 4.98 Å². The second-order valence-electron chi connectivity index (χ2n) is 3.29. The van der Waals surface area contributed by atoms with E-state index in [4.69, 9.17) is 11.1 Å². The van der Waals surface area contributed by atoms with Gasteiger partial charge in [0.15, 0.2) is 11.7 Å². The maximum atomic E-state index is 7.25. The Balaban J connectivity index is 2.36. The smallest absolute Gasteiger partial charge is 0.175 e. The predicted molar refractivity (Wildman–Crippen MR) is 46.2 cm³/mol. The molecule has 4 heteroatoms. The lowest BCUT2D eigenvalue weighted by Crippen LogP contribution is -2.16. The zero-order valence-electron chi connectivity index (χ0n) is 7.04. The largest absolute Gasteiger partial charge is 0.381 e. The predicted octanol–water partition coefficient (Wildman–Crippen LogP) is 0.582. The summed E-state index contributed by atoms with van der Waals surface area (Å²) in [6.07, 6.45) is 4.43. The molecule has 0 bridgehead atoms. The van der Waals surface area contributed by atoms with Crippen LogP contribution in [0.2, 0.25) is 0 Å². The number of imidazole rings is 1. The molecule has 0 radical (unpaired) electrons. The van der Waals surface area contributed by atoms with Crippen LogP contribution in [0.4, 0.5) is 0 Å². The Hall–Kier alpha value is -1.32. The summed E-state index contributed by atoms with van der Waals surface area (Å²) < 4.78 is 1.82. The number of hydrogen-bond acceptors (Lipinski definition) is 2. The maximum Gasteiger partial charge on any atom is 0.175 e. The summed E-state index contributed by atoms with van der Waals surface area (Å²) in [6, 6.07) is 0. The van der Waals surface area contributed by atoms with Crippen LogP contribution >= 0.6 is 0 Å². The lowest BCUT2D eigenvalue weighted by Gasteiger charge is -1.94. The highest BCUT2D eigenvalue weighted by atomic mass is 15.1. The van der Waals surface area contributed by atoms with Crippen molar-refractivity contribution in [3.63, 3.8) is 0 Å².